The Kier molecular flexibility index (Phi) is 4.99. The van der Waals surface area contributed by atoms with Crippen LogP contribution in [0.2, 0.25) is 10.0 Å². The molecule has 5 nitrogen and oxygen atoms in total. The van der Waals surface area contributed by atoms with E-state index in [1.165, 1.54) is 0 Å². The van der Waals surface area contributed by atoms with E-state index in [4.69, 9.17) is 27.9 Å². The highest BCUT2D eigenvalue weighted by Gasteiger charge is 2.19. The van der Waals surface area contributed by atoms with E-state index >= 15 is 0 Å². The summed E-state index contributed by atoms with van der Waals surface area (Å²) < 4.78 is 9.09. The van der Waals surface area contributed by atoms with Crippen LogP contribution in [-0.4, -0.2) is 22.6 Å². The first-order valence-electron chi connectivity index (χ1n) is 6.82. The molecule has 3 rings (SSSR count). The third-order valence-corrected chi connectivity index (χ3v) is 4.78. The molecule has 8 heteroatoms. The summed E-state index contributed by atoms with van der Waals surface area (Å²) in [5, 5.41) is 7.44. The highest BCUT2D eigenvalue weighted by Crippen LogP contribution is 2.31. The molecule has 0 atom stereocenters. The molecule has 1 amide bonds. The van der Waals surface area contributed by atoms with Gasteiger partial charge in [-0.3, -0.25) is 4.79 Å². The van der Waals surface area contributed by atoms with Crippen molar-refractivity contribution in [2.24, 2.45) is 0 Å². The Morgan fingerprint density at radius 2 is 2.00 bits per heavy atom. The van der Waals surface area contributed by atoms with Gasteiger partial charge < -0.3 is 10.1 Å². The molecule has 2 aromatic carbocycles. The summed E-state index contributed by atoms with van der Waals surface area (Å²) in [6.07, 6.45) is 0. The van der Waals surface area contributed by atoms with Crippen LogP contribution in [0, 0.1) is 0 Å². The van der Waals surface area contributed by atoms with Gasteiger partial charge in [0.25, 0.3) is 5.91 Å². The Balaban J connectivity index is 1.92. The van der Waals surface area contributed by atoms with Gasteiger partial charge in [0.05, 0.1) is 22.8 Å². The maximum atomic E-state index is 12.6. The van der Waals surface area contributed by atoms with Crippen LogP contribution in [0.5, 0.6) is 5.75 Å². The monoisotopic (exact) mass is 379 g/mol. The molecule has 0 saturated carbocycles. The van der Waals surface area contributed by atoms with Crippen LogP contribution in [0.1, 0.15) is 9.67 Å². The van der Waals surface area contributed by atoms with Crippen molar-refractivity contribution in [2.45, 2.75) is 0 Å². The predicted octanol–water partition coefficient (Wildman–Crippen LogP) is 4.77. The van der Waals surface area contributed by atoms with E-state index in [0.717, 1.165) is 17.1 Å². The summed E-state index contributed by atoms with van der Waals surface area (Å²) in [6, 6.07) is 12.3. The van der Waals surface area contributed by atoms with Gasteiger partial charge in [0.1, 0.15) is 16.3 Å². The second-order valence-electron chi connectivity index (χ2n) is 4.74. The molecule has 122 valence electrons. The van der Waals surface area contributed by atoms with Gasteiger partial charge >= 0.3 is 0 Å². The minimum Gasteiger partial charge on any atom is -0.497 e. The molecule has 24 heavy (non-hydrogen) atoms. The number of nitrogens with one attached hydrogen (secondary N) is 1. The van der Waals surface area contributed by atoms with Gasteiger partial charge in [0.15, 0.2) is 0 Å². The summed E-state index contributed by atoms with van der Waals surface area (Å²) in [5.41, 5.74) is 1.65. The molecule has 0 bridgehead atoms. The van der Waals surface area contributed by atoms with Crippen LogP contribution in [0.4, 0.5) is 5.69 Å². The highest BCUT2D eigenvalue weighted by molar-refractivity contribution is 7.08. The van der Waals surface area contributed by atoms with E-state index in [1.54, 1.807) is 31.4 Å². The molecule has 1 N–H and O–H groups in total. The number of anilines is 1. The number of benzene rings is 2. The van der Waals surface area contributed by atoms with Gasteiger partial charge in [-0.05, 0) is 35.8 Å². The van der Waals surface area contributed by atoms with Crippen molar-refractivity contribution in [3.8, 4) is 17.0 Å². The van der Waals surface area contributed by atoms with E-state index in [1.807, 2.05) is 18.2 Å². The lowest BCUT2D eigenvalue weighted by molar-refractivity contribution is 0.103. The number of methoxy groups -OCH3 is 1. The summed E-state index contributed by atoms with van der Waals surface area (Å²) >= 11 is 13.1. The fourth-order valence-corrected chi connectivity index (χ4v) is 3.01. The lowest BCUT2D eigenvalue weighted by Gasteiger charge is -2.08. The SMILES string of the molecule is COc1cccc(-c2nnsc2C(=O)Nc2cccc(Cl)c2Cl)c1. The zero-order chi connectivity index (χ0) is 17.1. The fraction of sp³-hybridized carbons (Fsp3) is 0.0625. The van der Waals surface area contributed by atoms with Gasteiger partial charge in [-0.25, -0.2) is 0 Å². The lowest BCUT2D eigenvalue weighted by atomic mass is 10.1. The molecule has 0 radical (unpaired) electrons. The second kappa shape index (κ2) is 7.17. The smallest absolute Gasteiger partial charge is 0.269 e. The zero-order valence-corrected chi connectivity index (χ0v) is 14.7. The number of carbonyl (C=O) groups excluding carboxylic acids is 1. The molecule has 0 saturated heterocycles. The van der Waals surface area contributed by atoms with Crippen molar-refractivity contribution < 1.29 is 9.53 Å². The van der Waals surface area contributed by atoms with Crippen molar-refractivity contribution >= 4 is 46.3 Å². The van der Waals surface area contributed by atoms with Gasteiger partial charge in [-0.1, -0.05) is 45.9 Å². The van der Waals surface area contributed by atoms with E-state index in [-0.39, 0.29) is 10.9 Å². The number of ether oxygens (including phenoxy) is 1. The third kappa shape index (κ3) is 3.36. The number of hydrogen-bond acceptors (Lipinski definition) is 5. The Hall–Kier alpha value is -2.15. The minimum absolute atomic E-state index is 0.285. The van der Waals surface area contributed by atoms with Crippen LogP contribution < -0.4 is 10.1 Å². The van der Waals surface area contributed by atoms with Crippen LogP contribution >= 0.6 is 34.7 Å². The first kappa shape index (κ1) is 16.7. The quantitative estimate of drug-likeness (QED) is 0.708. The molecule has 0 aliphatic carbocycles. The van der Waals surface area contributed by atoms with Gasteiger partial charge in [-0.15, -0.1) is 5.10 Å². The first-order valence-corrected chi connectivity index (χ1v) is 8.35. The predicted molar refractivity (Wildman–Crippen MR) is 96.3 cm³/mol. The first-order chi connectivity index (χ1) is 11.6. The molecule has 3 aromatic rings. The third-order valence-electron chi connectivity index (χ3n) is 3.24. The number of carbonyl (C=O) groups is 1. The fourth-order valence-electron chi connectivity index (χ4n) is 2.08. The largest absolute Gasteiger partial charge is 0.497 e. The standard InChI is InChI=1S/C16H11Cl2N3O2S/c1-23-10-5-2-4-9(8-10)14-15(24-21-20-14)16(22)19-12-7-3-6-11(17)13(12)18/h2-8H,1H3,(H,19,22). The van der Waals surface area contributed by atoms with Gasteiger partial charge in [0, 0.05) is 5.56 Å². The molecule has 0 fully saturated rings. The highest BCUT2D eigenvalue weighted by atomic mass is 35.5. The number of amides is 1. The van der Waals surface area contributed by atoms with Crippen molar-refractivity contribution in [1.29, 1.82) is 0 Å². The van der Waals surface area contributed by atoms with Crippen molar-refractivity contribution in [2.75, 3.05) is 12.4 Å². The van der Waals surface area contributed by atoms with Crippen molar-refractivity contribution in [3.63, 3.8) is 0 Å². The van der Waals surface area contributed by atoms with Crippen molar-refractivity contribution in [3.05, 3.63) is 57.4 Å². The summed E-state index contributed by atoms with van der Waals surface area (Å²) in [6.45, 7) is 0. The Bertz CT molecular complexity index is 899. The lowest BCUT2D eigenvalue weighted by Crippen LogP contribution is -2.12. The molecule has 0 unspecified atom stereocenters. The van der Waals surface area contributed by atoms with Crippen LogP contribution in [0.15, 0.2) is 42.5 Å². The molecule has 0 aliphatic rings. The van der Waals surface area contributed by atoms with Crippen LogP contribution in [0.25, 0.3) is 11.3 Å². The molecule has 1 heterocycles. The molecule has 1 aromatic heterocycles. The maximum Gasteiger partial charge on any atom is 0.269 e. The molecular weight excluding hydrogens is 369 g/mol. The van der Waals surface area contributed by atoms with Crippen LogP contribution in [-0.2, 0) is 0 Å². The van der Waals surface area contributed by atoms with E-state index in [9.17, 15) is 4.79 Å². The number of aromatic nitrogens is 2. The number of nitrogens with zero attached hydrogens (tertiary/aromatic N) is 2. The number of rotatable bonds is 4. The second-order valence-corrected chi connectivity index (χ2v) is 6.28. The Morgan fingerprint density at radius 1 is 1.21 bits per heavy atom. The summed E-state index contributed by atoms with van der Waals surface area (Å²) in [7, 11) is 1.58. The van der Waals surface area contributed by atoms with Gasteiger partial charge in [-0.2, -0.15) is 0 Å². The van der Waals surface area contributed by atoms with Crippen LogP contribution in [0.3, 0.4) is 0 Å². The van der Waals surface area contributed by atoms with Gasteiger partial charge in [0.2, 0.25) is 0 Å². The Morgan fingerprint density at radius 3 is 2.79 bits per heavy atom. The molecule has 0 aliphatic heterocycles. The average Bonchev–Trinajstić information content (AvgIpc) is 3.09. The zero-order valence-electron chi connectivity index (χ0n) is 12.4. The summed E-state index contributed by atoms with van der Waals surface area (Å²) in [5.74, 6) is 0.316. The molecule has 0 spiro atoms. The number of halogens is 2. The maximum absolute atomic E-state index is 12.6. The topological polar surface area (TPSA) is 64.1 Å². The minimum atomic E-state index is -0.355. The van der Waals surface area contributed by atoms with Crippen molar-refractivity contribution in [1.82, 2.24) is 9.59 Å². The van der Waals surface area contributed by atoms with E-state index in [2.05, 4.69) is 14.9 Å². The Labute approximate surface area is 152 Å². The number of hydrogen-bond donors (Lipinski definition) is 1. The molecular formula is C16H11Cl2N3O2S. The van der Waals surface area contributed by atoms with E-state index in [0.29, 0.717) is 27.0 Å². The average molecular weight is 380 g/mol. The van der Waals surface area contributed by atoms with E-state index < -0.39 is 0 Å². The summed E-state index contributed by atoms with van der Waals surface area (Å²) in [4.78, 5) is 12.9. The normalized spacial score (nSPS) is 10.5.